The van der Waals surface area contributed by atoms with Crippen molar-refractivity contribution in [2.24, 2.45) is 0 Å². The number of carbonyl (C=O) groups is 2. The van der Waals surface area contributed by atoms with Crippen LogP contribution in [0.15, 0.2) is 12.1 Å². The van der Waals surface area contributed by atoms with Gasteiger partial charge in [-0.05, 0) is 24.6 Å². The minimum absolute atomic E-state index is 0.181. The Morgan fingerprint density at radius 1 is 1.50 bits per heavy atom. The summed E-state index contributed by atoms with van der Waals surface area (Å²) in [6, 6.07) is 2.40. The van der Waals surface area contributed by atoms with Crippen LogP contribution in [-0.4, -0.2) is 24.0 Å². The van der Waals surface area contributed by atoms with E-state index in [4.69, 9.17) is 5.11 Å². The number of benzene rings is 1. The SMILES string of the molecule is Cc1cc(OC(F)F)c(C=O)c(C(=O)O)c1. The molecule has 0 heterocycles. The summed E-state index contributed by atoms with van der Waals surface area (Å²) in [6.45, 7) is -1.60. The Morgan fingerprint density at radius 2 is 2.12 bits per heavy atom. The normalized spacial score (nSPS) is 10.2. The van der Waals surface area contributed by atoms with Crippen molar-refractivity contribution in [3.63, 3.8) is 0 Å². The van der Waals surface area contributed by atoms with Gasteiger partial charge in [0.25, 0.3) is 0 Å². The third-order valence-corrected chi connectivity index (χ3v) is 1.85. The smallest absolute Gasteiger partial charge is 0.387 e. The van der Waals surface area contributed by atoms with Crippen LogP contribution in [0.1, 0.15) is 26.3 Å². The lowest BCUT2D eigenvalue weighted by Crippen LogP contribution is -2.09. The van der Waals surface area contributed by atoms with Gasteiger partial charge in [-0.2, -0.15) is 8.78 Å². The van der Waals surface area contributed by atoms with E-state index in [1.807, 2.05) is 0 Å². The fraction of sp³-hybridized carbons (Fsp3) is 0.200. The quantitative estimate of drug-likeness (QED) is 0.804. The molecule has 0 unspecified atom stereocenters. The van der Waals surface area contributed by atoms with Gasteiger partial charge >= 0.3 is 12.6 Å². The number of hydrogen-bond acceptors (Lipinski definition) is 3. The summed E-state index contributed by atoms with van der Waals surface area (Å²) in [7, 11) is 0. The number of aryl methyl sites for hydroxylation is 1. The molecule has 0 radical (unpaired) electrons. The fourth-order valence-corrected chi connectivity index (χ4v) is 1.26. The van der Waals surface area contributed by atoms with E-state index in [-0.39, 0.29) is 11.8 Å². The van der Waals surface area contributed by atoms with Crippen molar-refractivity contribution in [3.05, 3.63) is 28.8 Å². The first-order valence-electron chi connectivity index (χ1n) is 4.23. The van der Waals surface area contributed by atoms with Gasteiger partial charge in [-0.25, -0.2) is 4.79 Å². The molecular weight excluding hydrogens is 222 g/mol. The van der Waals surface area contributed by atoms with E-state index < -0.39 is 23.9 Å². The van der Waals surface area contributed by atoms with Crippen LogP contribution in [0.25, 0.3) is 0 Å². The Bertz CT molecular complexity index is 429. The van der Waals surface area contributed by atoms with Gasteiger partial charge in [0.05, 0.1) is 11.1 Å². The van der Waals surface area contributed by atoms with E-state index in [1.165, 1.54) is 19.1 Å². The van der Waals surface area contributed by atoms with Crippen LogP contribution in [-0.2, 0) is 0 Å². The number of carboxylic acid groups (broad SMARTS) is 1. The first kappa shape index (κ1) is 12.1. The summed E-state index contributed by atoms with van der Waals surface area (Å²) >= 11 is 0. The lowest BCUT2D eigenvalue weighted by atomic mass is 10.0. The predicted molar refractivity (Wildman–Crippen MR) is 50.2 cm³/mol. The average molecular weight is 230 g/mol. The molecule has 86 valence electrons. The molecule has 16 heavy (non-hydrogen) atoms. The van der Waals surface area contributed by atoms with Crippen molar-refractivity contribution in [1.82, 2.24) is 0 Å². The topological polar surface area (TPSA) is 63.6 Å². The first-order chi connectivity index (χ1) is 7.45. The highest BCUT2D eigenvalue weighted by molar-refractivity contribution is 5.99. The van der Waals surface area contributed by atoms with Crippen molar-refractivity contribution in [2.45, 2.75) is 13.5 Å². The maximum atomic E-state index is 12.0. The molecule has 1 aromatic carbocycles. The van der Waals surface area contributed by atoms with Gasteiger partial charge in [-0.1, -0.05) is 0 Å². The lowest BCUT2D eigenvalue weighted by Gasteiger charge is -2.10. The summed E-state index contributed by atoms with van der Waals surface area (Å²) in [5.41, 5.74) is -0.331. The second kappa shape index (κ2) is 4.69. The Morgan fingerprint density at radius 3 is 2.56 bits per heavy atom. The van der Waals surface area contributed by atoms with Crippen molar-refractivity contribution in [1.29, 1.82) is 0 Å². The zero-order valence-corrected chi connectivity index (χ0v) is 8.24. The highest BCUT2D eigenvalue weighted by Gasteiger charge is 2.18. The lowest BCUT2D eigenvalue weighted by molar-refractivity contribution is -0.0501. The largest absolute Gasteiger partial charge is 0.478 e. The summed E-state index contributed by atoms with van der Waals surface area (Å²) < 4.78 is 28.1. The van der Waals surface area contributed by atoms with Crippen LogP contribution >= 0.6 is 0 Å². The van der Waals surface area contributed by atoms with E-state index in [0.29, 0.717) is 5.56 Å². The van der Waals surface area contributed by atoms with Gasteiger partial charge in [0.15, 0.2) is 6.29 Å². The predicted octanol–water partition coefficient (Wildman–Crippen LogP) is 2.11. The molecule has 0 aromatic heterocycles. The van der Waals surface area contributed by atoms with Crippen LogP contribution in [0.4, 0.5) is 8.78 Å². The fourth-order valence-electron chi connectivity index (χ4n) is 1.26. The molecule has 0 saturated carbocycles. The molecule has 1 aromatic rings. The summed E-state index contributed by atoms with van der Waals surface area (Å²) in [5, 5.41) is 8.78. The van der Waals surface area contributed by atoms with E-state index in [0.717, 1.165) is 0 Å². The Labute approximate surface area is 89.5 Å². The molecule has 0 bridgehead atoms. The van der Waals surface area contributed by atoms with Crippen LogP contribution in [0.3, 0.4) is 0 Å². The number of aromatic carboxylic acids is 1. The number of rotatable bonds is 4. The van der Waals surface area contributed by atoms with E-state index in [1.54, 1.807) is 0 Å². The van der Waals surface area contributed by atoms with Gasteiger partial charge < -0.3 is 9.84 Å². The monoisotopic (exact) mass is 230 g/mol. The van der Waals surface area contributed by atoms with Gasteiger partial charge in [0, 0.05) is 0 Å². The van der Waals surface area contributed by atoms with Gasteiger partial charge in [0.2, 0.25) is 0 Å². The Balaban J connectivity index is 3.35. The van der Waals surface area contributed by atoms with Crippen LogP contribution in [0.2, 0.25) is 0 Å². The highest BCUT2D eigenvalue weighted by atomic mass is 19.3. The molecule has 0 aliphatic rings. The number of ether oxygens (including phenoxy) is 1. The van der Waals surface area contributed by atoms with Crippen molar-refractivity contribution < 1.29 is 28.2 Å². The van der Waals surface area contributed by atoms with E-state index in [9.17, 15) is 18.4 Å². The molecule has 0 aliphatic carbocycles. The summed E-state index contributed by atoms with van der Waals surface area (Å²) in [6.07, 6.45) is 0.181. The van der Waals surface area contributed by atoms with Crippen LogP contribution in [0.5, 0.6) is 5.75 Å². The zero-order chi connectivity index (χ0) is 12.3. The number of hydrogen-bond donors (Lipinski definition) is 1. The molecule has 1 rings (SSSR count). The Kier molecular flexibility index (Phi) is 3.55. The number of alkyl halides is 2. The zero-order valence-electron chi connectivity index (χ0n) is 8.24. The average Bonchev–Trinajstić information content (AvgIpc) is 2.15. The molecule has 4 nitrogen and oxygen atoms in total. The summed E-state index contributed by atoms with van der Waals surface area (Å²) in [5.74, 6) is -1.80. The van der Waals surface area contributed by atoms with Crippen molar-refractivity contribution in [2.75, 3.05) is 0 Å². The third kappa shape index (κ3) is 2.53. The van der Waals surface area contributed by atoms with Crippen molar-refractivity contribution >= 4 is 12.3 Å². The number of aldehydes is 1. The van der Waals surface area contributed by atoms with Crippen LogP contribution < -0.4 is 4.74 Å². The standard InChI is InChI=1S/C10H8F2O4/c1-5-2-6(9(14)15)7(4-13)8(3-5)16-10(11)12/h2-4,10H,1H3,(H,14,15). The second-order valence-corrected chi connectivity index (χ2v) is 3.03. The minimum Gasteiger partial charge on any atom is -0.478 e. The summed E-state index contributed by atoms with van der Waals surface area (Å²) in [4.78, 5) is 21.4. The highest BCUT2D eigenvalue weighted by Crippen LogP contribution is 2.24. The molecule has 0 spiro atoms. The van der Waals surface area contributed by atoms with Crippen LogP contribution in [0, 0.1) is 6.92 Å². The van der Waals surface area contributed by atoms with Gasteiger partial charge in [0.1, 0.15) is 5.75 Å². The second-order valence-electron chi connectivity index (χ2n) is 3.03. The molecule has 0 atom stereocenters. The maximum Gasteiger partial charge on any atom is 0.387 e. The van der Waals surface area contributed by atoms with Crippen molar-refractivity contribution in [3.8, 4) is 5.75 Å². The van der Waals surface area contributed by atoms with Gasteiger partial charge in [-0.15, -0.1) is 0 Å². The molecule has 6 heteroatoms. The number of halogens is 2. The third-order valence-electron chi connectivity index (χ3n) is 1.85. The molecule has 0 amide bonds. The number of carboxylic acids is 1. The van der Waals surface area contributed by atoms with E-state index in [2.05, 4.69) is 4.74 Å². The minimum atomic E-state index is -3.11. The van der Waals surface area contributed by atoms with Gasteiger partial charge in [-0.3, -0.25) is 4.79 Å². The Hall–Kier alpha value is -1.98. The first-order valence-corrected chi connectivity index (χ1v) is 4.23. The molecular formula is C10H8F2O4. The maximum absolute atomic E-state index is 12.0. The molecule has 0 aliphatic heterocycles. The number of carbonyl (C=O) groups excluding carboxylic acids is 1. The molecule has 0 saturated heterocycles. The van der Waals surface area contributed by atoms with E-state index >= 15 is 0 Å². The molecule has 1 N–H and O–H groups in total. The molecule has 0 fully saturated rings.